The molecule has 1 fully saturated rings. The van der Waals surface area contributed by atoms with Gasteiger partial charge in [-0.15, -0.1) is 0 Å². The number of nitrogens with zero attached hydrogens (tertiary/aromatic N) is 1. The Hall–Kier alpha value is -2.29. The van der Waals surface area contributed by atoms with Gasteiger partial charge < -0.3 is 10.2 Å². The lowest BCUT2D eigenvalue weighted by atomic mass is 10.0. The summed E-state index contributed by atoms with van der Waals surface area (Å²) in [5.74, 6) is 0.417. The van der Waals surface area contributed by atoms with Crippen LogP contribution in [0.2, 0.25) is 0 Å². The van der Waals surface area contributed by atoms with E-state index in [0.717, 1.165) is 18.8 Å². The number of carbonyl (C=O) groups is 1. The Bertz CT molecular complexity index is 668. The maximum atomic E-state index is 12.4. The minimum absolute atomic E-state index is 0.0592. The molecule has 126 valence electrons. The highest BCUT2D eigenvalue weighted by Crippen LogP contribution is 2.22. The highest BCUT2D eigenvalue weighted by molar-refractivity contribution is 6.04. The standard InChI is InChI=1S/C21H26N2O/c1-16(2)17-6-8-18(9-7-17)21(24)22-19-10-12-20(13-11-19)23-14-4-3-5-15-23/h6-13,16H,3-5,14-15H2,1-2H3,(H,22,24). The Balaban J connectivity index is 1.63. The average Bonchev–Trinajstić information content (AvgIpc) is 2.63. The molecule has 0 bridgehead atoms. The molecule has 2 aromatic carbocycles. The number of benzene rings is 2. The SMILES string of the molecule is CC(C)c1ccc(C(=O)Nc2ccc(N3CCCCC3)cc2)cc1. The smallest absolute Gasteiger partial charge is 0.255 e. The fourth-order valence-electron chi connectivity index (χ4n) is 3.13. The molecule has 0 radical (unpaired) electrons. The zero-order valence-corrected chi connectivity index (χ0v) is 14.6. The first kappa shape index (κ1) is 16.6. The van der Waals surface area contributed by atoms with E-state index in [1.165, 1.54) is 30.5 Å². The summed E-state index contributed by atoms with van der Waals surface area (Å²) in [5, 5.41) is 2.98. The lowest BCUT2D eigenvalue weighted by molar-refractivity contribution is 0.102. The fourth-order valence-corrected chi connectivity index (χ4v) is 3.13. The molecule has 24 heavy (non-hydrogen) atoms. The summed E-state index contributed by atoms with van der Waals surface area (Å²) in [4.78, 5) is 14.8. The topological polar surface area (TPSA) is 32.3 Å². The molecule has 1 N–H and O–H groups in total. The van der Waals surface area contributed by atoms with Crippen molar-refractivity contribution in [2.45, 2.75) is 39.0 Å². The van der Waals surface area contributed by atoms with Crippen LogP contribution in [0.5, 0.6) is 0 Å². The van der Waals surface area contributed by atoms with Crippen LogP contribution in [0.4, 0.5) is 11.4 Å². The van der Waals surface area contributed by atoms with E-state index < -0.39 is 0 Å². The Morgan fingerprint density at radius 1 is 0.917 bits per heavy atom. The van der Waals surface area contributed by atoms with E-state index in [0.29, 0.717) is 11.5 Å². The van der Waals surface area contributed by atoms with Crippen LogP contribution in [0.15, 0.2) is 48.5 Å². The van der Waals surface area contributed by atoms with Crippen LogP contribution in [0.25, 0.3) is 0 Å². The molecular formula is C21H26N2O. The molecule has 1 saturated heterocycles. The summed E-state index contributed by atoms with van der Waals surface area (Å²) >= 11 is 0. The summed E-state index contributed by atoms with van der Waals surface area (Å²) in [7, 11) is 0. The maximum Gasteiger partial charge on any atom is 0.255 e. The molecule has 1 heterocycles. The van der Waals surface area contributed by atoms with Crippen LogP contribution < -0.4 is 10.2 Å². The highest BCUT2D eigenvalue weighted by atomic mass is 16.1. The molecule has 3 heteroatoms. The van der Waals surface area contributed by atoms with Crippen LogP contribution in [0.3, 0.4) is 0 Å². The molecule has 0 aromatic heterocycles. The Morgan fingerprint density at radius 3 is 2.12 bits per heavy atom. The monoisotopic (exact) mass is 322 g/mol. The quantitative estimate of drug-likeness (QED) is 0.854. The maximum absolute atomic E-state index is 12.4. The lowest BCUT2D eigenvalue weighted by Gasteiger charge is -2.28. The van der Waals surface area contributed by atoms with Gasteiger partial charge in [-0.05, 0) is 67.1 Å². The first-order chi connectivity index (χ1) is 11.6. The summed E-state index contributed by atoms with van der Waals surface area (Å²) < 4.78 is 0. The first-order valence-electron chi connectivity index (χ1n) is 8.90. The van der Waals surface area contributed by atoms with Crippen molar-refractivity contribution in [3.63, 3.8) is 0 Å². The number of rotatable bonds is 4. The van der Waals surface area contributed by atoms with Gasteiger partial charge in [0.1, 0.15) is 0 Å². The van der Waals surface area contributed by atoms with Crippen molar-refractivity contribution in [1.29, 1.82) is 0 Å². The van der Waals surface area contributed by atoms with E-state index in [-0.39, 0.29) is 5.91 Å². The summed E-state index contributed by atoms with van der Waals surface area (Å²) in [6, 6.07) is 16.0. The molecular weight excluding hydrogens is 296 g/mol. The van der Waals surface area contributed by atoms with Crippen molar-refractivity contribution in [3.8, 4) is 0 Å². The third kappa shape index (κ3) is 3.97. The number of amides is 1. The van der Waals surface area contributed by atoms with Gasteiger partial charge in [0.2, 0.25) is 0 Å². The molecule has 3 rings (SSSR count). The van der Waals surface area contributed by atoms with Gasteiger partial charge in [0.05, 0.1) is 0 Å². The van der Waals surface area contributed by atoms with Crippen LogP contribution in [-0.2, 0) is 0 Å². The minimum Gasteiger partial charge on any atom is -0.372 e. The second kappa shape index (κ2) is 7.52. The summed E-state index contributed by atoms with van der Waals surface area (Å²) in [6.45, 7) is 6.57. The van der Waals surface area contributed by atoms with Crippen molar-refractivity contribution in [1.82, 2.24) is 0 Å². The van der Waals surface area contributed by atoms with E-state index in [1.54, 1.807) is 0 Å². The van der Waals surface area contributed by atoms with Crippen molar-refractivity contribution >= 4 is 17.3 Å². The number of anilines is 2. The lowest BCUT2D eigenvalue weighted by Crippen LogP contribution is -2.29. The Labute approximate surface area is 144 Å². The van der Waals surface area contributed by atoms with Gasteiger partial charge in [-0.1, -0.05) is 26.0 Å². The third-order valence-electron chi connectivity index (χ3n) is 4.69. The Morgan fingerprint density at radius 2 is 1.54 bits per heavy atom. The predicted molar refractivity (Wildman–Crippen MR) is 101 cm³/mol. The Kier molecular flexibility index (Phi) is 5.19. The minimum atomic E-state index is -0.0592. The van der Waals surface area contributed by atoms with E-state index in [4.69, 9.17) is 0 Å². The van der Waals surface area contributed by atoms with E-state index >= 15 is 0 Å². The number of nitrogens with one attached hydrogen (secondary N) is 1. The molecule has 0 aliphatic carbocycles. The number of hydrogen-bond acceptors (Lipinski definition) is 2. The van der Waals surface area contributed by atoms with Gasteiger partial charge in [-0.3, -0.25) is 4.79 Å². The molecule has 0 spiro atoms. The second-order valence-electron chi connectivity index (χ2n) is 6.83. The van der Waals surface area contributed by atoms with E-state index in [9.17, 15) is 4.79 Å². The van der Waals surface area contributed by atoms with Gasteiger partial charge in [-0.25, -0.2) is 0 Å². The zero-order chi connectivity index (χ0) is 16.9. The van der Waals surface area contributed by atoms with Crippen LogP contribution in [0.1, 0.15) is 54.9 Å². The first-order valence-corrected chi connectivity index (χ1v) is 8.90. The van der Waals surface area contributed by atoms with E-state index in [2.05, 4.69) is 36.2 Å². The second-order valence-corrected chi connectivity index (χ2v) is 6.83. The molecule has 2 aromatic rings. The van der Waals surface area contributed by atoms with Gasteiger partial charge in [0.25, 0.3) is 5.91 Å². The van der Waals surface area contributed by atoms with Gasteiger partial charge in [0, 0.05) is 30.0 Å². The molecule has 1 aliphatic heterocycles. The molecule has 3 nitrogen and oxygen atoms in total. The van der Waals surface area contributed by atoms with Gasteiger partial charge in [-0.2, -0.15) is 0 Å². The van der Waals surface area contributed by atoms with Crippen LogP contribution >= 0.6 is 0 Å². The number of hydrogen-bond donors (Lipinski definition) is 1. The van der Waals surface area contributed by atoms with Crippen LogP contribution in [0, 0.1) is 0 Å². The fraction of sp³-hybridized carbons (Fsp3) is 0.381. The molecule has 1 aliphatic rings. The highest BCUT2D eigenvalue weighted by Gasteiger charge is 2.11. The van der Waals surface area contributed by atoms with Crippen molar-refractivity contribution in [2.75, 3.05) is 23.3 Å². The number of piperidine rings is 1. The largest absolute Gasteiger partial charge is 0.372 e. The van der Waals surface area contributed by atoms with Gasteiger partial charge >= 0.3 is 0 Å². The molecule has 0 atom stereocenters. The summed E-state index contributed by atoms with van der Waals surface area (Å²) in [6.07, 6.45) is 3.87. The van der Waals surface area contributed by atoms with Crippen LogP contribution in [-0.4, -0.2) is 19.0 Å². The molecule has 0 unspecified atom stereocenters. The summed E-state index contributed by atoms with van der Waals surface area (Å²) in [5.41, 5.74) is 4.03. The average molecular weight is 322 g/mol. The molecule has 1 amide bonds. The third-order valence-corrected chi connectivity index (χ3v) is 4.69. The number of carbonyl (C=O) groups excluding carboxylic acids is 1. The molecule has 0 saturated carbocycles. The van der Waals surface area contributed by atoms with Crippen molar-refractivity contribution < 1.29 is 4.79 Å². The van der Waals surface area contributed by atoms with Gasteiger partial charge in [0.15, 0.2) is 0 Å². The van der Waals surface area contributed by atoms with Crippen molar-refractivity contribution in [2.24, 2.45) is 0 Å². The normalized spacial score (nSPS) is 14.7. The van der Waals surface area contributed by atoms with Crippen molar-refractivity contribution in [3.05, 3.63) is 59.7 Å². The zero-order valence-electron chi connectivity index (χ0n) is 14.6. The van der Waals surface area contributed by atoms with E-state index in [1.807, 2.05) is 36.4 Å². The predicted octanol–water partition coefficient (Wildman–Crippen LogP) is 5.05.